The quantitative estimate of drug-likeness (QED) is 0.538. The van der Waals surface area contributed by atoms with Crippen LogP contribution in [0.5, 0.6) is 0 Å². The van der Waals surface area contributed by atoms with Crippen molar-refractivity contribution in [3.8, 4) is 0 Å². The molecule has 2 fully saturated rings. The molecule has 10 heteroatoms. The first-order valence-corrected chi connectivity index (χ1v) is 10.1. The number of amides is 2. The molecule has 1 aromatic rings. The molecule has 4 N–H and O–H groups in total. The third-order valence-electron chi connectivity index (χ3n) is 5.94. The van der Waals surface area contributed by atoms with E-state index in [4.69, 9.17) is 0 Å². The molecule has 3 heterocycles. The number of hydrogen-bond acceptors (Lipinski definition) is 6. The molecule has 0 aromatic heterocycles. The molecule has 8 nitrogen and oxygen atoms in total. The second-order valence-corrected chi connectivity index (χ2v) is 7.91. The van der Waals surface area contributed by atoms with Crippen molar-refractivity contribution < 1.29 is 28.6 Å². The maximum Gasteiger partial charge on any atom is 0.273 e. The van der Waals surface area contributed by atoms with Gasteiger partial charge in [0.15, 0.2) is 5.76 Å². The van der Waals surface area contributed by atoms with E-state index in [1.54, 1.807) is 11.9 Å². The Morgan fingerprint density at radius 1 is 1.32 bits per heavy atom. The maximum atomic E-state index is 13.9. The average molecular weight is 434 g/mol. The fourth-order valence-corrected chi connectivity index (χ4v) is 4.56. The van der Waals surface area contributed by atoms with Gasteiger partial charge in [-0.1, -0.05) is 13.0 Å². The standard InChI is InChI=1S/C21H24F2N4O4/c1-3-24-14-7-12-9-26(2)21(31)17-19(29)18(28)15(16(14)27(12)17)20(30)25-8-10-4-5-11(22)6-13(10)23/h4-6,12,14,18,24,28-29H,3,7-9H2,1-2H3,(H,25,30)/t12?,14-,18?/m1/s1. The van der Waals surface area contributed by atoms with Gasteiger partial charge in [-0.2, -0.15) is 0 Å². The molecule has 166 valence electrons. The number of benzene rings is 1. The van der Waals surface area contributed by atoms with Crippen LogP contribution < -0.4 is 10.6 Å². The Morgan fingerprint density at radius 3 is 2.74 bits per heavy atom. The van der Waals surface area contributed by atoms with Crippen LogP contribution in [0.4, 0.5) is 8.78 Å². The largest absolute Gasteiger partial charge is 0.507 e. The van der Waals surface area contributed by atoms with Crippen LogP contribution >= 0.6 is 0 Å². The molecular formula is C21H24F2N4O4. The first-order valence-electron chi connectivity index (χ1n) is 10.1. The number of carbonyl (C=O) groups is 2. The summed E-state index contributed by atoms with van der Waals surface area (Å²) in [5.74, 6) is -3.25. The lowest BCUT2D eigenvalue weighted by molar-refractivity contribution is -0.131. The summed E-state index contributed by atoms with van der Waals surface area (Å²) < 4.78 is 27.1. The number of piperazine rings is 1. The van der Waals surface area contributed by atoms with E-state index in [9.17, 15) is 28.6 Å². The highest BCUT2D eigenvalue weighted by molar-refractivity contribution is 6.00. The molecule has 0 spiro atoms. The molecule has 31 heavy (non-hydrogen) atoms. The topological polar surface area (TPSA) is 105 Å². The highest BCUT2D eigenvalue weighted by Crippen LogP contribution is 2.43. The molecule has 0 aliphatic carbocycles. The Morgan fingerprint density at radius 2 is 2.06 bits per heavy atom. The molecule has 4 rings (SSSR count). The van der Waals surface area contributed by atoms with Gasteiger partial charge >= 0.3 is 0 Å². The van der Waals surface area contributed by atoms with E-state index in [1.165, 1.54) is 11.0 Å². The molecule has 1 aromatic carbocycles. The highest BCUT2D eigenvalue weighted by atomic mass is 19.1. The summed E-state index contributed by atoms with van der Waals surface area (Å²) in [6, 6.07) is 2.56. The number of nitrogens with zero attached hydrogens (tertiary/aromatic N) is 2. The van der Waals surface area contributed by atoms with Gasteiger partial charge in [-0.05, 0) is 19.0 Å². The summed E-state index contributed by atoms with van der Waals surface area (Å²) in [5, 5.41) is 27.2. The summed E-state index contributed by atoms with van der Waals surface area (Å²) in [4.78, 5) is 28.9. The van der Waals surface area contributed by atoms with Crippen LogP contribution in [0.25, 0.3) is 0 Å². The van der Waals surface area contributed by atoms with E-state index in [0.29, 0.717) is 25.2 Å². The maximum absolute atomic E-state index is 13.9. The fourth-order valence-electron chi connectivity index (χ4n) is 4.56. The van der Waals surface area contributed by atoms with Gasteiger partial charge in [0.2, 0.25) is 0 Å². The Kier molecular flexibility index (Phi) is 5.44. The van der Waals surface area contributed by atoms with E-state index in [-0.39, 0.29) is 35.5 Å². The third kappa shape index (κ3) is 3.45. The average Bonchev–Trinajstić information content (AvgIpc) is 3.05. The van der Waals surface area contributed by atoms with Crippen molar-refractivity contribution in [2.75, 3.05) is 20.1 Å². The summed E-state index contributed by atoms with van der Waals surface area (Å²) in [7, 11) is 1.62. The Bertz CT molecular complexity index is 1010. The van der Waals surface area contributed by atoms with Gasteiger partial charge in [0.05, 0.1) is 17.7 Å². The normalized spacial score (nSPS) is 25.3. The lowest BCUT2D eigenvalue weighted by Crippen LogP contribution is -2.53. The summed E-state index contributed by atoms with van der Waals surface area (Å²) >= 11 is 0. The van der Waals surface area contributed by atoms with Crippen molar-refractivity contribution in [3.05, 3.63) is 58.1 Å². The van der Waals surface area contributed by atoms with Crippen molar-refractivity contribution >= 4 is 11.8 Å². The number of carbonyl (C=O) groups excluding carboxylic acids is 2. The predicted octanol–water partition coefficient (Wildman–Crippen LogP) is 0.504. The van der Waals surface area contributed by atoms with Crippen LogP contribution in [-0.2, 0) is 16.1 Å². The van der Waals surface area contributed by atoms with Gasteiger partial charge in [0.1, 0.15) is 23.4 Å². The van der Waals surface area contributed by atoms with Crippen molar-refractivity contribution in [2.45, 2.75) is 38.1 Å². The van der Waals surface area contributed by atoms with E-state index in [0.717, 1.165) is 12.1 Å². The number of halogens is 2. The fraction of sp³-hybridized carbons (Fsp3) is 0.429. The van der Waals surface area contributed by atoms with Crippen LogP contribution in [0.2, 0.25) is 0 Å². The van der Waals surface area contributed by atoms with Crippen molar-refractivity contribution in [2.24, 2.45) is 0 Å². The third-order valence-corrected chi connectivity index (χ3v) is 5.94. The van der Waals surface area contributed by atoms with Gasteiger partial charge in [-0.25, -0.2) is 8.78 Å². The van der Waals surface area contributed by atoms with E-state index in [1.807, 2.05) is 6.92 Å². The lowest BCUT2D eigenvalue weighted by atomic mass is 9.95. The second kappa shape index (κ2) is 7.93. The van der Waals surface area contributed by atoms with Crippen molar-refractivity contribution in [3.63, 3.8) is 0 Å². The zero-order valence-corrected chi connectivity index (χ0v) is 17.2. The molecule has 0 radical (unpaired) electrons. The number of nitrogens with one attached hydrogen (secondary N) is 2. The highest BCUT2D eigenvalue weighted by Gasteiger charge is 2.52. The van der Waals surface area contributed by atoms with Crippen molar-refractivity contribution in [1.82, 2.24) is 20.4 Å². The van der Waals surface area contributed by atoms with Gasteiger partial charge in [-0.3, -0.25) is 9.59 Å². The van der Waals surface area contributed by atoms with Gasteiger partial charge < -0.3 is 30.6 Å². The monoisotopic (exact) mass is 434 g/mol. The lowest BCUT2D eigenvalue weighted by Gasteiger charge is -2.42. The van der Waals surface area contributed by atoms with Crippen LogP contribution in [0.1, 0.15) is 18.9 Å². The summed E-state index contributed by atoms with van der Waals surface area (Å²) in [5.41, 5.74) is 0.399. The van der Waals surface area contributed by atoms with E-state index in [2.05, 4.69) is 10.6 Å². The Labute approximate surface area is 177 Å². The molecule has 3 aliphatic heterocycles. The number of hydrogen-bond donors (Lipinski definition) is 4. The Hall–Kier alpha value is -2.98. The second-order valence-electron chi connectivity index (χ2n) is 7.91. The minimum atomic E-state index is -1.70. The minimum absolute atomic E-state index is 0.0252. The smallest absolute Gasteiger partial charge is 0.273 e. The SMILES string of the molecule is CCN[C@@H]1CC2CN(C)C(=O)C3=C(O)C(O)C(C(=O)NCc4ccc(F)cc4F)=C1N32. The van der Waals surface area contributed by atoms with Gasteiger partial charge in [0, 0.05) is 37.5 Å². The Balaban J connectivity index is 1.69. The summed E-state index contributed by atoms with van der Waals surface area (Å²) in [6.07, 6.45) is -1.12. The van der Waals surface area contributed by atoms with Crippen molar-refractivity contribution in [1.29, 1.82) is 0 Å². The number of aliphatic hydroxyl groups is 2. The van der Waals surface area contributed by atoms with E-state index < -0.39 is 35.3 Å². The molecule has 3 atom stereocenters. The number of likely N-dealkylation sites (N-methyl/N-ethyl adjacent to an activating group) is 2. The number of aliphatic hydroxyl groups excluding tert-OH is 2. The molecular weight excluding hydrogens is 410 g/mol. The van der Waals surface area contributed by atoms with Crippen LogP contribution in [0.15, 0.2) is 40.9 Å². The molecule has 2 unspecified atom stereocenters. The van der Waals surface area contributed by atoms with Gasteiger partial charge in [-0.15, -0.1) is 0 Å². The van der Waals surface area contributed by atoms with E-state index >= 15 is 0 Å². The van der Waals surface area contributed by atoms with Crippen LogP contribution in [0, 0.1) is 11.6 Å². The number of rotatable bonds is 5. The van der Waals surface area contributed by atoms with Crippen LogP contribution in [-0.4, -0.2) is 70.2 Å². The molecule has 3 aliphatic rings. The van der Waals surface area contributed by atoms with Gasteiger partial charge in [0.25, 0.3) is 11.8 Å². The van der Waals surface area contributed by atoms with Crippen LogP contribution in [0.3, 0.4) is 0 Å². The molecule has 0 saturated carbocycles. The molecule has 0 bridgehead atoms. The molecule has 2 amide bonds. The predicted molar refractivity (Wildman–Crippen MR) is 106 cm³/mol. The first-order chi connectivity index (χ1) is 14.7. The zero-order chi connectivity index (χ0) is 22.4. The molecule has 2 saturated heterocycles. The first kappa shape index (κ1) is 21.3. The minimum Gasteiger partial charge on any atom is -0.507 e. The summed E-state index contributed by atoms with van der Waals surface area (Å²) in [6.45, 7) is 2.67. The zero-order valence-electron chi connectivity index (χ0n) is 17.2.